The molecule has 2 fully saturated rings. The van der Waals surface area contributed by atoms with E-state index in [9.17, 15) is 9.59 Å². The lowest BCUT2D eigenvalue weighted by Crippen LogP contribution is -3.19. The first-order valence-electron chi connectivity index (χ1n) is 7.62. The van der Waals surface area contributed by atoms with Crippen molar-refractivity contribution < 1.29 is 14.5 Å². The van der Waals surface area contributed by atoms with Gasteiger partial charge in [0.15, 0.2) is 6.04 Å². The number of nitrogens with zero attached hydrogens (tertiary/aromatic N) is 4. The van der Waals surface area contributed by atoms with E-state index in [-0.39, 0.29) is 18.0 Å². The second kappa shape index (κ2) is 6.27. The fourth-order valence-electron chi connectivity index (χ4n) is 2.97. The van der Waals surface area contributed by atoms with Gasteiger partial charge in [0, 0.05) is 25.5 Å². The van der Waals surface area contributed by atoms with Crippen LogP contribution in [0.5, 0.6) is 0 Å². The maximum absolute atomic E-state index is 12.4. The zero-order chi connectivity index (χ0) is 15.5. The van der Waals surface area contributed by atoms with Crippen molar-refractivity contribution in [1.29, 1.82) is 0 Å². The van der Waals surface area contributed by atoms with Gasteiger partial charge in [-0.2, -0.15) is 0 Å². The summed E-state index contributed by atoms with van der Waals surface area (Å²) in [5.41, 5.74) is 0. The Labute approximate surface area is 129 Å². The van der Waals surface area contributed by atoms with E-state index in [1.165, 1.54) is 9.80 Å². The van der Waals surface area contributed by atoms with Gasteiger partial charge in [0.25, 0.3) is 5.91 Å². The number of imide groups is 1. The Morgan fingerprint density at radius 3 is 2.55 bits per heavy atom. The summed E-state index contributed by atoms with van der Waals surface area (Å²) in [4.78, 5) is 37.2. The van der Waals surface area contributed by atoms with Gasteiger partial charge in [-0.3, -0.25) is 9.69 Å². The molecule has 3 amide bonds. The van der Waals surface area contributed by atoms with Crippen molar-refractivity contribution in [1.82, 2.24) is 20.2 Å². The molecule has 118 valence electrons. The van der Waals surface area contributed by atoms with Crippen molar-refractivity contribution in [2.75, 3.05) is 44.2 Å². The second-order valence-corrected chi connectivity index (χ2v) is 5.64. The Bertz CT molecular complexity index is 544. The number of hydrogen-bond donors (Lipinski definition) is 2. The van der Waals surface area contributed by atoms with Crippen LogP contribution in [0, 0.1) is 0 Å². The van der Waals surface area contributed by atoms with E-state index in [1.54, 1.807) is 18.5 Å². The van der Waals surface area contributed by atoms with Gasteiger partial charge in [-0.15, -0.1) is 0 Å². The summed E-state index contributed by atoms with van der Waals surface area (Å²) in [7, 11) is 0. The number of amides is 3. The molecule has 8 nitrogen and oxygen atoms in total. The van der Waals surface area contributed by atoms with Crippen LogP contribution < -0.4 is 15.1 Å². The highest BCUT2D eigenvalue weighted by Crippen LogP contribution is 2.05. The lowest BCUT2D eigenvalue weighted by molar-refractivity contribution is -0.915. The lowest BCUT2D eigenvalue weighted by atomic mass is 10.2. The number of nitrogens with one attached hydrogen (secondary N) is 2. The maximum atomic E-state index is 12.4. The molecule has 2 saturated heterocycles. The van der Waals surface area contributed by atoms with Crippen LogP contribution in [-0.4, -0.2) is 72.1 Å². The average Bonchev–Trinajstić information content (AvgIpc) is 3.00. The van der Waals surface area contributed by atoms with Crippen molar-refractivity contribution in [2.24, 2.45) is 0 Å². The standard InChI is InChI=1S/C14H20N6O2/c1-11(12(21)20-6-5-17-14(20)22)18-7-9-19(10-8-18)13-15-3-2-4-16-13/h2-4,11H,5-10H2,1H3,(H,17,22)/p+1/t11-/m1/s1. The van der Waals surface area contributed by atoms with E-state index < -0.39 is 0 Å². The minimum absolute atomic E-state index is 0.0885. The van der Waals surface area contributed by atoms with E-state index in [1.807, 2.05) is 6.92 Å². The molecule has 2 aliphatic heterocycles. The Balaban J connectivity index is 1.57. The highest BCUT2D eigenvalue weighted by atomic mass is 16.2. The SMILES string of the molecule is C[C@H](C(=O)N1CCNC1=O)[NH+]1CCN(c2ncccn2)CC1. The molecule has 1 aromatic rings. The van der Waals surface area contributed by atoms with Crippen LogP contribution in [-0.2, 0) is 4.79 Å². The molecule has 0 spiro atoms. The van der Waals surface area contributed by atoms with Gasteiger partial charge in [-0.25, -0.2) is 14.8 Å². The molecule has 0 aliphatic carbocycles. The number of rotatable bonds is 3. The highest BCUT2D eigenvalue weighted by Gasteiger charge is 2.36. The molecular formula is C14H21N6O2+. The zero-order valence-corrected chi connectivity index (χ0v) is 12.7. The van der Waals surface area contributed by atoms with Crippen LogP contribution in [0.15, 0.2) is 18.5 Å². The van der Waals surface area contributed by atoms with Gasteiger partial charge < -0.3 is 15.1 Å². The van der Waals surface area contributed by atoms with Gasteiger partial charge in [-0.1, -0.05) is 0 Å². The van der Waals surface area contributed by atoms with Crippen molar-refractivity contribution in [3.63, 3.8) is 0 Å². The van der Waals surface area contributed by atoms with Crippen molar-refractivity contribution in [2.45, 2.75) is 13.0 Å². The molecule has 8 heteroatoms. The van der Waals surface area contributed by atoms with Gasteiger partial charge in [0.1, 0.15) is 0 Å². The molecule has 0 saturated carbocycles. The van der Waals surface area contributed by atoms with E-state index in [0.717, 1.165) is 32.1 Å². The topological polar surface area (TPSA) is 82.9 Å². The Kier molecular flexibility index (Phi) is 4.19. The summed E-state index contributed by atoms with van der Waals surface area (Å²) < 4.78 is 0. The molecule has 3 rings (SSSR count). The smallest absolute Gasteiger partial charge is 0.324 e. The Hall–Kier alpha value is -2.22. The summed E-state index contributed by atoms with van der Waals surface area (Å²) in [5, 5.41) is 2.67. The van der Waals surface area contributed by atoms with E-state index >= 15 is 0 Å². The molecule has 0 unspecified atom stereocenters. The summed E-state index contributed by atoms with van der Waals surface area (Å²) >= 11 is 0. The third-order valence-corrected chi connectivity index (χ3v) is 4.35. The minimum atomic E-state index is -0.271. The summed E-state index contributed by atoms with van der Waals surface area (Å²) in [5.74, 6) is 0.647. The maximum Gasteiger partial charge on any atom is 0.324 e. The molecule has 1 aromatic heterocycles. The molecule has 1 atom stereocenters. The van der Waals surface area contributed by atoms with Crippen molar-refractivity contribution in [3.8, 4) is 0 Å². The normalized spacial score (nSPS) is 20.9. The number of carbonyl (C=O) groups is 2. The first-order chi connectivity index (χ1) is 10.7. The number of aromatic nitrogens is 2. The largest absolute Gasteiger partial charge is 0.336 e. The van der Waals surface area contributed by atoms with Crippen LogP contribution >= 0.6 is 0 Å². The Morgan fingerprint density at radius 2 is 1.95 bits per heavy atom. The van der Waals surface area contributed by atoms with E-state index in [4.69, 9.17) is 0 Å². The molecule has 2 aliphatic rings. The monoisotopic (exact) mass is 305 g/mol. The third-order valence-electron chi connectivity index (χ3n) is 4.35. The average molecular weight is 305 g/mol. The number of hydrogen-bond acceptors (Lipinski definition) is 5. The fourth-order valence-corrected chi connectivity index (χ4v) is 2.97. The fraction of sp³-hybridized carbons (Fsp3) is 0.571. The second-order valence-electron chi connectivity index (χ2n) is 5.64. The number of piperazine rings is 1. The summed E-state index contributed by atoms with van der Waals surface area (Å²) in [6.07, 6.45) is 3.47. The first-order valence-corrected chi connectivity index (χ1v) is 7.62. The van der Waals surface area contributed by atoms with Gasteiger partial charge in [-0.05, 0) is 13.0 Å². The lowest BCUT2D eigenvalue weighted by Gasteiger charge is -2.35. The van der Waals surface area contributed by atoms with Crippen molar-refractivity contribution in [3.05, 3.63) is 18.5 Å². The molecule has 0 aromatic carbocycles. The Morgan fingerprint density at radius 1 is 1.27 bits per heavy atom. The molecule has 2 N–H and O–H groups in total. The van der Waals surface area contributed by atoms with Crippen LogP contribution in [0.3, 0.4) is 0 Å². The molecule has 3 heterocycles. The van der Waals surface area contributed by atoms with Gasteiger partial charge >= 0.3 is 6.03 Å². The first kappa shape index (κ1) is 14.7. The molecule has 0 bridgehead atoms. The minimum Gasteiger partial charge on any atom is -0.336 e. The molecular weight excluding hydrogens is 284 g/mol. The number of anilines is 1. The van der Waals surface area contributed by atoms with Crippen LogP contribution in [0.1, 0.15) is 6.92 Å². The predicted octanol–water partition coefficient (Wildman–Crippen LogP) is -1.88. The number of carbonyl (C=O) groups excluding carboxylic acids is 2. The highest BCUT2D eigenvalue weighted by molar-refractivity contribution is 5.97. The number of urea groups is 1. The third kappa shape index (κ3) is 2.87. The van der Waals surface area contributed by atoms with Crippen LogP contribution in [0.2, 0.25) is 0 Å². The molecule has 0 radical (unpaired) electrons. The van der Waals surface area contributed by atoms with E-state index in [0.29, 0.717) is 13.1 Å². The van der Waals surface area contributed by atoms with Crippen molar-refractivity contribution >= 4 is 17.9 Å². The van der Waals surface area contributed by atoms with Gasteiger partial charge in [0.2, 0.25) is 5.95 Å². The van der Waals surface area contributed by atoms with Crippen LogP contribution in [0.25, 0.3) is 0 Å². The van der Waals surface area contributed by atoms with Gasteiger partial charge in [0.05, 0.1) is 26.2 Å². The quantitative estimate of drug-likeness (QED) is 0.683. The predicted molar refractivity (Wildman–Crippen MR) is 79.5 cm³/mol. The molecule has 22 heavy (non-hydrogen) atoms. The van der Waals surface area contributed by atoms with E-state index in [2.05, 4.69) is 20.2 Å². The zero-order valence-electron chi connectivity index (χ0n) is 12.7. The van der Waals surface area contributed by atoms with Crippen LogP contribution in [0.4, 0.5) is 10.7 Å². The number of quaternary nitrogens is 1. The summed E-state index contributed by atoms with van der Waals surface area (Å²) in [6, 6.07) is 1.32. The summed E-state index contributed by atoms with van der Waals surface area (Å²) in [6.45, 7) is 6.20.